The first-order valence-electron chi connectivity index (χ1n) is 8.04. The fourth-order valence-electron chi connectivity index (χ4n) is 3.23. The van der Waals surface area contributed by atoms with Crippen molar-refractivity contribution in [1.29, 1.82) is 0 Å². The van der Waals surface area contributed by atoms with Crippen molar-refractivity contribution in [2.75, 3.05) is 0 Å². The Labute approximate surface area is 150 Å². The van der Waals surface area contributed by atoms with E-state index >= 15 is 0 Å². The molecule has 0 aliphatic carbocycles. The SMILES string of the molecule is CC1=NN=C(c2cc3c(F)cccc3s2)c2cc3oc(=O)[nH]c3cc2C1. The fourth-order valence-corrected chi connectivity index (χ4v) is 4.31. The number of thiophene rings is 1. The van der Waals surface area contributed by atoms with Gasteiger partial charge in [-0.1, -0.05) is 6.07 Å². The molecule has 0 saturated heterocycles. The summed E-state index contributed by atoms with van der Waals surface area (Å²) >= 11 is 1.46. The Hall–Kier alpha value is -3.06. The number of hydrogen-bond acceptors (Lipinski definition) is 5. The van der Waals surface area contributed by atoms with E-state index in [0.717, 1.165) is 26.4 Å². The van der Waals surface area contributed by atoms with Crippen molar-refractivity contribution in [2.45, 2.75) is 13.3 Å². The molecule has 26 heavy (non-hydrogen) atoms. The van der Waals surface area contributed by atoms with Crippen molar-refractivity contribution in [2.24, 2.45) is 10.2 Å². The average molecular weight is 365 g/mol. The van der Waals surface area contributed by atoms with Crippen molar-refractivity contribution in [3.63, 3.8) is 0 Å². The van der Waals surface area contributed by atoms with Crippen LogP contribution in [0.2, 0.25) is 0 Å². The summed E-state index contributed by atoms with van der Waals surface area (Å²) in [6.07, 6.45) is 0.616. The second kappa shape index (κ2) is 5.47. The molecule has 128 valence electrons. The number of hydrogen-bond donors (Lipinski definition) is 1. The molecule has 5 nitrogen and oxygen atoms in total. The van der Waals surface area contributed by atoms with Crippen LogP contribution in [0.5, 0.6) is 0 Å². The number of oxazole rings is 1. The zero-order valence-corrected chi connectivity index (χ0v) is 14.5. The van der Waals surface area contributed by atoms with Gasteiger partial charge in [-0.15, -0.1) is 16.4 Å². The number of aromatic nitrogens is 1. The summed E-state index contributed by atoms with van der Waals surface area (Å²) in [5, 5.41) is 9.28. The topological polar surface area (TPSA) is 70.7 Å². The Balaban J connectivity index is 1.79. The van der Waals surface area contributed by atoms with Crippen LogP contribution in [0.25, 0.3) is 21.2 Å². The van der Waals surface area contributed by atoms with Crippen LogP contribution in [0.3, 0.4) is 0 Å². The van der Waals surface area contributed by atoms with Crippen molar-refractivity contribution in [1.82, 2.24) is 4.98 Å². The van der Waals surface area contributed by atoms with E-state index in [9.17, 15) is 9.18 Å². The van der Waals surface area contributed by atoms with Crippen LogP contribution >= 0.6 is 11.3 Å². The quantitative estimate of drug-likeness (QED) is 0.548. The molecule has 0 radical (unpaired) electrons. The van der Waals surface area contributed by atoms with E-state index in [1.165, 1.54) is 17.4 Å². The lowest BCUT2D eigenvalue weighted by atomic mass is 9.97. The molecule has 4 aromatic rings. The highest BCUT2D eigenvalue weighted by molar-refractivity contribution is 7.21. The first kappa shape index (κ1) is 15.2. The fraction of sp³-hybridized carbons (Fsp3) is 0.105. The molecule has 1 aliphatic heterocycles. The number of H-pyrrole nitrogens is 1. The highest BCUT2D eigenvalue weighted by Crippen LogP contribution is 2.32. The number of nitrogens with one attached hydrogen (secondary N) is 1. The number of halogens is 1. The van der Waals surface area contributed by atoms with Gasteiger partial charge in [-0.3, -0.25) is 4.98 Å². The summed E-state index contributed by atoms with van der Waals surface area (Å²) in [5.74, 6) is -0.751. The van der Waals surface area contributed by atoms with E-state index in [2.05, 4.69) is 15.2 Å². The molecule has 1 aliphatic rings. The van der Waals surface area contributed by atoms with Crippen LogP contribution in [-0.4, -0.2) is 16.4 Å². The van der Waals surface area contributed by atoms with Gasteiger partial charge in [0.25, 0.3) is 0 Å². The van der Waals surface area contributed by atoms with Gasteiger partial charge in [-0.05, 0) is 42.8 Å². The number of benzene rings is 2. The molecule has 0 unspecified atom stereocenters. The summed E-state index contributed by atoms with van der Waals surface area (Å²) < 4.78 is 20.2. The second-order valence-corrected chi connectivity index (χ2v) is 7.33. The molecule has 0 saturated carbocycles. The molecule has 5 rings (SSSR count). The van der Waals surface area contributed by atoms with E-state index in [1.54, 1.807) is 18.2 Å². The lowest BCUT2D eigenvalue weighted by Gasteiger charge is -2.07. The highest BCUT2D eigenvalue weighted by Gasteiger charge is 2.20. The highest BCUT2D eigenvalue weighted by atomic mass is 32.1. The van der Waals surface area contributed by atoms with E-state index in [4.69, 9.17) is 4.42 Å². The molecule has 7 heteroatoms. The standard InChI is InChI=1S/C19H12FN3O2S/c1-9-5-10-6-14-15(25-19(24)21-14)7-11(10)18(23-22-9)17-8-12-13(20)3-2-4-16(12)26-17/h2-4,6-8H,5H2,1H3,(H,21,24). The van der Waals surface area contributed by atoms with E-state index < -0.39 is 5.76 Å². The maximum absolute atomic E-state index is 14.1. The molecule has 3 heterocycles. The van der Waals surface area contributed by atoms with Gasteiger partial charge >= 0.3 is 5.76 Å². The van der Waals surface area contributed by atoms with Crippen LogP contribution in [0.4, 0.5) is 4.39 Å². The Kier molecular flexibility index (Phi) is 3.20. The average Bonchev–Trinajstić information content (AvgIpc) is 3.14. The van der Waals surface area contributed by atoms with Crippen LogP contribution in [0.1, 0.15) is 22.9 Å². The third-order valence-corrected chi connectivity index (χ3v) is 5.52. The minimum atomic E-state index is -0.493. The van der Waals surface area contributed by atoms with E-state index in [-0.39, 0.29) is 5.82 Å². The van der Waals surface area contributed by atoms with Crippen molar-refractivity contribution in [3.8, 4) is 0 Å². The number of nitrogens with zero attached hydrogens (tertiary/aromatic N) is 2. The zero-order valence-electron chi connectivity index (χ0n) is 13.7. The van der Waals surface area contributed by atoms with Crippen LogP contribution < -0.4 is 5.76 Å². The number of rotatable bonds is 1. The Bertz CT molecular complexity index is 1310. The third kappa shape index (κ3) is 2.32. The Morgan fingerprint density at radius 3 is 2.96 bits per heavy atom. The van der Waals surface area contributed by atoms with Gasteiger partial charge in [-0.25, -0.2) is 9.18 Å². The molecular weight excluding hydrogens is 353 g/mol. The predicted molar refractivity (Wildman–Crippen MR) is 101 cm³/mol. The normalized spacial score (nSPS) is 14.2. The molecule has 1 N–H and O–H groups in total. The number of fused-ring (bicyclic) bond motifs is 3. The van der Waals surface area contributed by atoms with E-state index in [0.29, 0.717) is 28.6 Å². The first-order valence-corrected chi connectivity index (χ1v) is 8.86. The Morgan fingerprint density at radius 2 is 2.12 bits per heavy atom. The summed E-state index contributed by atoms with van der Waals surface area (Å²) in [7, 11) is 0. The summed E-state index contributed by atoms with van der Waals surface area (Å²) in [4.78, 5) is 15.0. The molecule has 0 spiro atoms. The summed E-state index contributed by atoms with van der Waals surface area (Å²) in [6.45, 7) is 1.91. The summed E-state index contributed by atoms with van der Waals surface area (Å²) in [5.41, 5.74) is 4.46. The lowest BCUT2D eigenvalue weighted by molar-refractivity contribution is 0.555. The maximum Gasteiger partial charge on any atom is 0.417 e. The molecule has 0 fully saturated rings. The van der Waals surface area contributed by atoms with Crippen molar-refractivity contribution >= 4 is 43.9 Å². The number of aromatic amines is 1. The Morgan fingerprint density at radius 1 is 1.23 bits per heavy atom. The molecule has 0 amide bonds. The molecule has 2 aromatic heterocycles. The van der Waals surface area contributed by atoms with Gasteiger partial charge in [0.05, 0.1) is 10.4 Å². The largest absolute Gasteiger partial charge is 0.417 e. The van der Waals surface area contributed by atoms with E-state index in [1.807, 2.05) is 19.1 Å². The van der Waals surface area contributed by atoms with Crippen LogP contribution in [-0.2, 0) is 6.42 Å². The van der Waals surface area contributed by atoms with Gasteiger partial charge in [0, 0.05) is 27.8 Å². The smallest absolute Gasteiger partial charge is 0.408 e. The first-order chi connectivity index (χ1) is 12.6. The minimum absolute atomic E-state index is 0.258. The molecule has 2 aromatic carbocycles. The van der Waals surface area contributed by atoms with Gasteiger partial charge in [0.1, 0.15) is 11.5 Å². The van der Waals surface area contributed by atoms with Gasteiger partial charge in [0.15, 0.2) is 5.58 Å². The van der Waals surface area contributed by atoms with Gasteiger partial charge in [-0.2, -0.15) is 5.10 Å². The van der Waals surface area contributed by atoms with Crippen LogP contribution in [0, 0.1) is 5.82 Å². The van der Waals surface area contributed by atoms with Crippen LogP contribution in [0.15, 0.2) is 55.8 Å². The lowest BCUT2D eigenvalue weighted by Crippen LogP contribution is -2.05. The summed E-state index contributed by atoms with van der Waals surface area (Å²) in [6, 6.07) is 10.5. The second-order valence-electron chi connectivity index (χ2n) is 6.24. The van der Waals surface area contributed by atoms with Gasteiger partial charge < -0.3 is 4.42 Å². The predicted octanol–water partition coefficient (Wildman–Crippen LogP) is 4.24. The van der Waals surface area contributed by atoms with Crippen molar-refractivity contribution in [3.05, 3.63) is 68.8 Å². The molecule has 0 atom stereocenters. The maximum atomic E-state index is 14.1. The monoisotopic (exact) mass is 365 g/mol. The van der Waals surface area contributed by atoms with Gasteiger partial charge in [0.2, 0.25) is 0 Å². The zero-order chi connectivity index (χ0) is 17.8. The molecular formula is C19H12FN3O2S. The van der Waals surface area contributed by atoms with Crippen molar-refractivity contribution < 1.29 is 8.81 Å². The minimum Gasteiger partial charge on any atom is -0.408 e. The third-order valence-electron chi connectivity index (χ3n) is 4.41. The molecule has 0 bridgehead atoms.